The molecule has 240 valence electrons. The molecule has 0 aliphatic carbocycles. The number of pyridine rings is 1. The van der Waals surface area contributed by atoms with Gasteiger partial charge in [0, 0.05) is 51.3 Å². The van der Waals surface area contributed by atoms with Crippen molar-refractivity contribution in [3.8, 4) is 5.75 Å². The molecule has 0 saturated carbocycles. The molecule has 1 N–H and O–H groups in total. The molecular weight excluding hydrogens is 622 g/mol. The number of H-pyrrole nitrogens is 1. The number of hydrogen-bond donors (Lipinski definition) is 1. The second kappa shape index (κ2) is 11.9. The first-order valence-corrected chi connectivity index (χ1v) is 13.9. The molecule has 2 aliphatic rings. The SMILES string of the molecule is O=C(c1cncc(OC[C@@H]2c3ccccc3CN2c2cn[nH]c(=O)c2C(F)(F)F)c1)N1CCN(c2ncc(C(F)(F)F)cn2)CC1. The standard InChI is InChI=1S/C29H24F6N8O3/c30-28(31,32)19-11-37-27(38-12-19)42-7-5-41(6-8-42)26(45)18-9-20(13-36-10-18)46-16-23-21-4-2-1-3-17(21)15-43(23)22-14-39-40-25(44)24(22)29(33,34)35/h1-4,9-14,23H,5-8,15-16H2,(H,40,44)/t23-/m1/s1. The Balaban J connectivity index is 1.14. The Labute approximate surface area is 256 Å². The van der Waals surface area contributed by atoms with Crippen LogP contribution in [0.3, 0.4) is 0 Å². The number of amides is 1. The Kier molecular flexibility index (Phi) is 7.99. The zero-order valence-corrected chi connectivity index (χ0v) is 23.7. The number of anilines is 2. The predicted molar refractivity (Wildman–Crippen MR) is 150 cm³/mol. The third-order valence-corrected chi connectivity index (χ3v) is 7.74. The number of carbonyl (C=O) groups excluding carboxylic acids is 1. The summed E-state index contributed by atoms with van der Waals surface area (Å²) in [5.74, 6) is -0.0341. The van der Waals surface area contributed by atoms with Gasteiger partial charge in [0.15, 0.2) is 0 Å². The van der Waals surface area contributed by atoms with Crippen LogP contribution in [0.4, 0.5) is 38.0 Å². The minimum Gasteiger partial charge on any atom is -0.489 e. The number of aromatic nitrogens is 5. The number of nitrogens with zero attached hydrogens (tertiary/aromatic N) is 7. The van der Waals surface area contributed by atoms with Gasteiger partial charge in [0.05, 0.1) is 35.2 Å². The number of fused-ring (bicyclic) bond motifs is 1. The van der Waals surface area contributed by atoms with Gasteiger partial charge in [-0.3, -0.25) is 14.6 Å². The van der Waals surface area contributed by atoms with Crippen molar-refractivity contribution in [3.05, 3.63) is 99.5 Å². The van der Waals surface area contributed by atoms with Gasteiger partial charge in [-0.05, 0) is 17.2 Å². The van der Waals surface area contributed by atoms with E-state index in [1.165, 1.54) is 23.4 Å². The van der Waals surface area contributed by atoms with Crippen molar-refractivity contribution in [2.24, 2.45) is 0 Å². The number of piperazine rings is 1. The molecule has 1 atom stereocenters. The third kappa shape index (κ3) is 6.16. The number of halogens is 6. The summed E-state index contributed by atoms with van der Waals surface area (Å²) in [6.07, 6.45) is -4.35. The molecular formula is C29H24F6N8O3. The first kappa shape index (κ1) is 30.8. The highest BCUT2D eigenvalue weighted by Gasteiger charge is 2.42. The number of alkyl halides is 6. The summed E-state index contributed by atoms with van der Waals surface area (Å²) >= 11 is 0. The number of benzene rings is 1. The van der Waals surface area contributed by atoms with E-state index < -0.39 is 35.1 Å². The lowest BCUT2D eigenvalue weighted by atomic mass is 10.1. The van der Waals surface area contributed by atoms with Gasteiger partial charge < -0.3 is 19.4 Å². The molecule has 1 fully saturated rings. The first-order chi connectivity index (χ1) is 21.9. The molecule has 2 aliphatic heterocycles. The molecule has 1 amide bonds. The highest BCUT2D eigenvalue weighted by Crippen LogP contribution is 2.42. The number of hydrogen-bond acceptors (Lipinski definition) is 9. The van der Waals surface area contributed by atoms with Crippen LogP contribution in [0.1, 0.15) is 38.7 Å². The summed E-state index contributed by atoms with van der Waals surface area (Å²) in [7, 11) is 0. The Morgan fingerprint density at radius 1 is 0.935 bits per heavy atom. The zero-order valence-electron chi connectivity index (χ0n) is 23.7. The quantitative estimate of drug-likeness (QED) is 0.309. The van der Waals surface area contributed by atoms with Gasteiger partial charge in [-0.2, -0.15) is 31.4 Å². The highest BCUT2D eigenvalue weighted by atomic mass is 19.4. The fourth-order valence-corrected chi connectivity index (χ4v) is 5.49. The lowest BCUT2D eigenvalue weighted by Gasteiger charge is -2.34. The van der Waals surface area contributed by atoms with Crippen molar-refractivity contribution in [2.45, 2.75) is 24.9 Å². The summed E-state index contributed by atoms with van der Waals surface area (Å²) in [6.45, 7) is 1.01. The molecule has 11 nitrogen and oxygen atoms in total. The lowest BCUT2D eigenvalue weighted by molar-refractivity contribution is -0.139. The molecule has 0 bridgehead atoms. The summed E-state index contributed by atoms with van der Waals surface area (Å²) in [6, 6.07) is 7.81. The number of rotatable bonds is 6. The van der Waals surface area contributed by atoms with E-state index in [-0.39, 0.29) is 68.2 Å². The van der Waals surface area contributed by atoms with Gasteiger partial charge in [0.1, 0.15) is 17.9 Å². The van der Waals surface area contributed by atoms with Crippen LogP contribution in [0.5, 0.6) is 5.75 Å². The Bertz CT molecular complexity index is 1790. The van der Waals surface area contributed by atoms with Crippen LogP contribution in [0.15, 0.2) is 66.1 Å². The minimum atomic E-state index is -4.93. The van der Waals surface area contributed by atoms with Crippen LogP contribution in [0.2, 0.25) is 0 Å². The average molecular weight is 647 g/mol. The van der Waals surface area contributed by atoms with Crippen LogP contribution < -0.4 is 20.1 Å². The summed E-state index contributed by atoms with van der Waals surface area (Å²) in [4.78, 5) is 41.8. The molecule has 1 aromatic carbocycles. The van der Waals surface area contributed by atoms with E-state index in [2.05, 4.69) is 20.1 Å². The van der Waals surface area contributed by atoms with E-state index in [1.807, 2.05) is 5.10 Å². The minimum absolute atomic E-state index is 0.0820. The maximum absolute atomic E-state index is 13.9. The van der Waals surface area contributed by atoms with Crippen molar-refractivity contribution in [2.75, 3.05) is 42.6 Å². The molecule has 3 aromatic heterocycles. The van der Waals surface area contributed by atoms with Gasteiger partial charge in [-0.1, -0.05) is 24.3 Å². The molecule has 17 heteroatoms. The van der Waals surface area contributed by atoms with E-state index in [0.717, 1.165) is 11.8 Å². The van der Waals surface area contributed by atoms with E-state index in [0.29, 0.717) is 18.0 Å². The van der Waals surface area contributed by atoms with Crippen molar-refractivity contribution in [1.82, 2.24) is 30.0 Å². The molecule has 0 radical (unpaired) electrons. The summed E-state index contributed by atoms with van der Waals surface area (Å²) in [5, 5.41) is 5.46. The Morgan fingerprint density at radius 3 is 2.35 bits per heavy atom. The second-order valence-corrected chi connectivity index (χ2v) is 10.6. The number of aromatic amines is 1. The van der Waals surface area contributed by atoms with E-state index in [1.54, 1.807) is 34.1 Å². The number of carbonyl (C=O) groups is 1. The third-order valence-electron chi connectivity index (χ3n) is 7.74. The lowest BCUT2D eigenvalue weighted by Crippen LogP contribution is -2.49. The van der Waals surface area contributed by atoms with Crippen LogP contribution >= 0.6 is 0 Å². The van der Waals surface area contributed by atoms with Crippen LogP contribution in [-0.4, -0.2) is 68.7 Å². The molecule has 0 unspecified atom stereocenters. The first-order valence-electron chi connectivity index (χ1n) is 13.9. The van der Waals surface area contributed by atoms with Crippen molar-refractivity contribution < 1.29 is 35.9 Å². The van der Waals surface area contributed by atoms with E-state index in [4.69, 9.17) is 4.74 Å². The summed E-state index contributed by atoms with van der Waals surface area (Å²) in [5.41, 5.74) is -2.38. The van der Waals surface area contributed by atoms with Crippen molar-refractivity contribution in [3.63, 3.8) is 0 Å². The summed E-state index contributed by atoms with van der Waals surface area (Å²) < 4.78 is 86.2. The molecule has 5 heterocycles. The zero-order chi connectivity index (χ0) is 32.6. The fourth-order valence-electron chi connectivity index (χ4n) is 5.49. The topological polar surface area (TPSA) is 120 Å². The molecule has 6 rings (SSSR count). The number of ether oxygens (including phenoxy) is 1. The smallest absolute Gasteiger partial charge is 0.423 e. The average Bonchev–Trinajstić information content (AvgIpc) is 3.41. The van der Waals surface area contributed by atoms with Gasteiger partial charge in [-0.15, -0.1) is 0 Å². The molecule has 1 saturated heterocycles. The number of nitrogens with one attached hydrogen (secondary N) is 1. The van der Waals surface area contributed by atoms with E-state index >= 15 is 0 Å². The Morgan fingerprint density at radius 2 is 1.65 bits per heavy atom. The van der Waals surface area contributed by atoms with E-state index in [9.17, 15) is 35.9 Å². The predicted octanol–water partition coefficient (Wildman–Crippen LogP) is 4.10. The monoisotopic (exact) mass is 646 g/mol. The molecule has 46 heavy (non-hydrogen) atoms. The van der Waals surface area contributed by atoms with Gasteiger partial charge in [-0.25, -0.2) is 15.1 Å². The second-order valence-electron chi connectivity index (χ2n) is 10.6. The van der Waals surface area contributed by atoms with Gasteiger partial charge >= 0.3 is 12.4 Å². The highest BCUT2D eigenvalue weighted by molar-refractivity contribution is 5.94. The Hall–Kier alpha value is -5.22. The fraction of sp³-hybridized carbons (Fsp3) is 0.310. The van der Waals surface area contributed by atoms with Gasteiger partial charge in [0.25, 0.3) is 11.5 Å². The normalized spacial score (nSPS) is 16.8. The maximum Gasteiger partial charge on any atom is 0.423 e. The maximum atomic E-state index is 13.9. The largest absolute Gasteiger partial charge is 0.489 e. The van der Waals surface area contributed by atoms with Crippen LogP contribution in [0, 0.1) is 0 Å². The molecule has 4 aromatic rings. The van der Waals surface area contributed by atoms with Crippen LogP contribution in [-0.2, 0) is 18.9 Å². The molecule has 0 spiro atoms. The van der Waals surface area contributed by atoms with Crippen molar-refractivity contribution in [1.29, 1.82) is 0 Å². The van der Waals surface area contributed by atoms with Crippen LogP contribution in [0.25, 0.3) is 0 Å². The van der Waals surface area contributed by atoms with Gasteiger partial charge in [0.2, 0.25) is 5.95 Å². The van der Waals surface area contributed by atoms with Crippen molar-refractivity contribution >= 4 is 17.5 Å².